The largest absolute Gasteiger partial charge is 0.481 e. The van der Waals surface area contributed by atoms with Crippen LogP contribution in [-0.2, 0) is 35.1 Å². The molecule has 7 rings (SSSR count). The summed E-state index contributed by atoms with van der Waals surface area (Å²) < 4.78 is 6.83. The second-order valence-electron chi connectivity index (χ2n) is 20.5. The van der Waals surface area contributed by atoms with E-state index in [1.165, 1.54) is 36.9 Å². The average Bonchev–Trinajstić information content (AvgIpc) is 4.21. The highest BCUT2D eigenvalue weighted by molar-refractivity contribution is 8.08. The van der Waals surface area contributed by atoms with Crippen LogP contribution < -0.4 is 48.3 Å². The second-order valence-corrected chi connectivity index (χ2v) is 22.6. The summed E-state index contributed by atoms with van der Waals surface area (Å²) in [6.45, 7) is 6.81. The number of H-pyrrole nitrogens is 1. The first-order chi connectivity index (χ1) is 39.1. The molecule has 81 heavy (non-hydrogen) atoms. The van der Waals surface area contributed by atoms with Crippen LogP contribution in [0.25, 0.3) is 26.2 Å². The van der Waals surface area contributed by atoms with Gasteiger partial charge in [-0.1, -0.05) is 61.5 Å². The maximum absolute atomic E-state index is 14.7. The Hall–Kier alpha value is -7.34. The number of hydrogen-bond donors (Lipinski definition) is 11. The molecule has 434 valence electrons. The molecule has 2 aromatic heterocycles. The molecule has 1 aliphatic heterocycles. The van der Waals surface area contributed by atoms with Crippen LogP contribution in [0.3, 0.4) is 0 Å². The van der Waals surface area contributed by atoms with Gasteiger partial charge < -0.3 is 63.1 Å². The molecule has 3 heterocycles. The van der Waals surface area contributed by atoms with Crippen molar-refractivity contribution in [3.05, 3.63) is 107 Å². The number of fused-ring (bicyclic) bond motifs is 4. The van der Waals surface area contributed by atoms with Gasteiger partial charge in [-0.25, -0.2) is 14.8 Å². The molecule has 0 saturated heterocycles. The minimum atomic E-state index is -0.812. The number of thiazole rings is 1. The van der Waals surface area contributed by atoms with Crippen molar-refractivity contribution in [1.82, 2.24) is 52.2 Å². The summed E-state index contributed by atoms with van der Waals surface area (Å²) in [5.41, 5.74) is 12.4. The van der Waals surface area contributed by atoms with Gasteiger partial charge in [-0.05, 0) is 97.7 Å². The van der Waals surface area contributed by atoms with E-state index in [1.54, 1.807) is 25.6 Å². The van der Waals surface area contributed by atoms with Crippen molar-refractivity contribution in [3.63, 3.8) is 0 Å². The first-order valence-electron chi connectivity index (χ1n) is 27.8. The molecule has 5 aromatic rings. The fourth-order valence-corrected chi connectivity index (χ4v) is 12.5. The van der Waals surface area contributed by atoms with Gasteiger partial charge in [0.25, 0.3) is 0 Å². The van der Waals surface area contributed by atoms with Crippen molar-refractivity contribution in [1.29, 1.82) is 0 Å². The van der Waals surface area contributed by atoms with E-state index in [0.717, 1.165) is 42.4 Å². The van der Waals surface area contributed by atoms with Crippen molar-refractivity contribution in [2.75, 3.05) is 57.4 Å². The molecular formula is C58H77N13O8S2. The highest BCUT2D eigenvalue weighted by Gasteiger charge is 2.32. The third-order valence-electron chi connectivity index (χ3n) is 14.4. The SMILES string of the molecule is CN=C(N)NCCCC(CNC(Cc1cnc[nH]1)C(=O)NC(CCCCNC(C)=O)CNC(CCCCNC(C)=O)C(=O)Nc1ccc2nc(C3=CC(C)C(C(=O)O)CS3)sc2c1)NC(=O)OCC1c2ccccc2-c2ccccc21. The number of benzene rings is 3. The number of carboxylic acid groups (broad SMARTS) is 1. The number of nitrogens with one attached hydrogen (secondary N) is 9. The van der Waals surface area contributed by atoms with Crippen molar-refractivity contribution in [3.8, 4) is 11.1 Å². The second kappa shape index (κ2) is 31.0. The van der Waals surface area contributed by atoms with E-state index in [-0.39, 0.29) is 61.6 Å². The Morgan fingerprint density at radius 2 is 1.44 bits per heavy atom. The van der Waals surface area contributed by atoms with Gasteiger partial charge in [-0.15, -0.1) is 23.1 Å². The number of nitrogens with zero attached hydrogens (tertiary/aromatic N) is 3. The van der Waals surface area contributed by atoms with Gasteiger partial charge in [0, 0.05) is 106 Å². The van der Waals surface area contributed by atoms with E-state index in [9.17, 15) is 33.9 Å². The Bertz CT molecular complexity index is 2940. The molecule has 0 saturated carbocycles. The topological polar surface area (TPSA) is 308 Å². The van der Waals surface area contributed by atoms with Gasteiger partial charge in [0.2, 0.25) is 23.6 Å². The lowest BCUT2D eigenvalue weighted by atomic mass is 9.95. The van der Waals surface area contributed by atoms with E-state index in [2.05, 4.69) is 81.8 Å². The molecule has 0 spiro atoms. The van der Waals surface area contributed by atoms with E-state index in [4.69, 9.17) is 15.5 Å². The van der Waals surface area contributed by atoms with Gasteiger partial charge in [0.1, 0.15) is 11.6 Å². The molecule has 0 bridgehead atoms. The minimum Gasteiger partial charge on any atom is -0.481 e. The maximum atomic E-state index is 14.7. The number of carboxylic acids is 1. The van der Waals surface area contributed by atoms with Crippen LogP contribution in [-0.4, -0.2) is 138 Å². The predicted octanol–water partition coefficient (Wildman–Crippen LogP) is 5.86. The standard InChI is InChI=1S/C58H77N13O8S2/c1-35-26-52(80-33-47(35)56(76)77)55-71-48-22-21-38(28-51(48)81-55)68-53(74)49(20-10-12-24-63-37(3)73)65-30-39(14-9-11-23-62-36(2)72)69-54(75)50(27-41-29-61-34-67-41)66-31-40(15-13-25-64-57(59)60-4)70-58(78)79-32-46-44-18-7-5-16-42(44)43-17-6-8-19-45(43)46/h5-8,16-19,21-22,26,28-29,34-35,39-40,46-47,49-50,65-66H,9-15,20,23-25,27,30-33H2,1-4H3,(H,61,67)(H,62,72)(H,63,73)(H,68,74)(H,69,75)(H,70,78)(H,76,77)(H3,59,60,64). The zero-order valence-corrected chi connectivity index (χ0v) is 48.1. The zero-order chi connectivity index (χ0) is 57.7. The lowest BCUT2D eigenvalue weighted by Crippen LogP contribution is -2.55. The summed E-state index contributed by atoms with van der Waals surface area (Å²) in [7, 11) is 1.60. The number of carbonyl (C=O) groups excluding carboxylic acids is 5. The number of rotatable bonds is 31. The maximum Gasteiger partial charge on any atom is 0.407 e. The molecule has 6 atom stereocenters. The highest BCUT2D eigenvalue weighted by atomic mass is 32.2. The van der Waals surface area contributed by atoms with Crippen LogP contribution in [0.15, 0.2) is 90.3 Å². The number of alkyl carbamates (subject to hydrolysis) is 1. The molecule has 3 aromatic carbocycles. The van der Waals surface area contributed by atoms with Crippen LogP contribution in [0.5, 0.6) is 0 Å². The molecule has 0 fully saturated rings. The number of allylic oxidation sites excluding steroid dienone is 1. The summed E-state index contributed by atoms with van der Waals surface area (Å²) in [6, 6.07) is 19.4. The summed E-state index contributed by atoms with van der Waals surface area (Å²) in [4.78, 5) is 95.0. The molecule has 6 unspecified atom stereocenters. The number of carbonyl (C=O) groups is 6. The van der Waals surface area contributed by atoms with Crippen LogP contribution >= 0.6 is 23.1 Å². The van der Waals surface area contributed by atoms with E-state index in [1.807, 2.05) is 49.4 Å². The molecule has 5 amide bonds. The zero-order valence-electron chi connectivity index (χ0n) is 46.5. The summed E-state index contributed by atoms with van der Waals surface area (Å²) >= 11 is 2.97. The quantitative estimate of drug-likeness (QED) is 0.0141. The number of amides is 5. The number of aromatic nitrogens is 3. The number of anilines is 1. The number of aliphatic imine (C=N–C) groups is 1. The predicted molar refractivity (Wildman–Crippen MR) is 319 cm³/mol. The molecule has 0 radical (unpaired) electrons. The number of imidazole rings is 1. The molecule has 12 N–H and O–H groups in total. The number of nitrogens with two attached hydrogens (primary N) is 1. The van der Waals surface area contributed by atoms with E-state index < -0.39 is 42.1 Å². The first kappa shape index (κ1) is 61.3. The normalized spacial score (nSPS) is 16.4. The van der Waals surface area contributed by atoms with Gasteiger partial charge in [0.05, 0.1) is 34.5 Å². The summed E-state index contributed by atoms with van der Waals surface area (Å²) in [5.74, 6) is -1.65. The first-order valence-corrected chi connectivity index (χ1v) is 29.6. The van der Waals surface area contributed by atoms with Gasteiger partial charge >= 0.3 is 12.1 Å². The number of aliphatic carboxylic acids is 1. The van der Waals surface area contributed by atoms with Gasteiger partial charge in [-0.3, -0.25) is 29.0 Å². The number of aromatic amines is 1. The monoisotopic (exact) mass is 1150 g/mol. The third-order valence-corrected chi connectivity index (χ3v) is 16.8. The van der Waals surface area contributed by atoms with Gasteiger partial charge in [-0.2, -0.15) is 0 Å². The molecular weight excluding hydrogens is 1070 g/mol. The Kier molecular flexibility index (Phi) is 23.5. The van der Waals surface area contributed by atoms with Crippen LogP contribution in [0.2, 0.25) is 0 Å². The van der Waals surface area contributed by atoms with E-state index >= 15 is 0 Å². The summed E-state index contributed by atoms with van der Waals surface area (Å²) in [5, 5.41) is 35.5. The summed E-state index contributed by atoms with van der Waals surface area (Å²) in [6.07, 6.45) is 9.44. The molecule has 1 aliphatic carbocycles. The lowest BCUT2D eigenvalue weighted by molar-refractivity contribution is -0.142. The number of thioether (sulfide) groups is 1. The van der Waals surface area contributed by atoms with Crippen LogP contribution in [0.4, 0.5) is 10.5 Å². The minimum absolute atomic E-state index is 0.129. The Labute approximate surface area is 481 Å². The Morgan fingerprint density at radius 3 is 2.09 bits per heavy atom. The Morgan fingerprint density at radius 1 is 0.802 bits per heavy atom. The lowest BCUT2D eigenvalue weighted by Gasteiger charge is -2.27. The highest BCUT2D eigenvalue weighted by Crippen LogP contribution is 2.45. The average molecular weight is 1150 g/mol. The fourth-order valence-electron chi connectivity index (χ4n) is 9.99. The fraction of sp³-hybridized carbons (Fsp3) is 0.466. The van der Waals surface area contributed by atoms with E-state index in [0.29, 0.717) is 94.1 Å². The number of hydrogen-bond acceptors (Lipinski definition) is 14. The number of unbranched alkanes of at least 4 members (excludes halogenated alkanes) is 2. The van der Waals surface area contributed by atoms with Crippen LogP contribution in [0.1, 0.15) is 99.9 Å². The molecule has 2 aliphatic rings. The Balaban J connectivity index is 1.04. The molecule has 21 nitrogen and oxygen atoms in total. The number of ether oxygens (including phenoxy) is 1. The third kappa shape index (κ3) is 18.6. The van der Waals surface area contributed by atoms with Crippen molar-refractivity contribution < 1.29 is 38.6 Å². The molecule has 23 heteroatoms. The van der Waals surface area contributed by atoms with Gasteiger partial charge in [0.15, 0.2) is 5.96 Å². The van der Waals surface area contributed by atoms with Crippen molar-refractivity contribution in [2.24, 2.45) is 22.6 Å². The van der Waals surface area contributed by atoms with Crippen molar-refractivity contribution in [2.45, 2.75) is 109 Å². The van der Waals surface area contributed by atoms with Crippen molar-refractivity contribution >= 4 is 85.6 Å². The smallest absolute Gasteiger partial charge is 0.407 e. The number of guanidine groups is 1. The van der Waals surface area contributed by atoms with Crippen LogP contribution in [0, 0.1) is 11.8 Å².